The summed E-state index contributed by atoms with van der Waals surface area (Å²) >= 11 is 0. The van der Waals surface area contributed by atoms with Crippen LogP contribution in [0.4, 0.5) is 0 Å². The molecule has 2 aliphatic heterocycles. The van der Waals surface area contributed by atoms with E-state index in [1.54, 1.807) is 4.90 Å². The van der Waals surface area contributed by atoms with Crippen molar-refractivity contribution in [1.29, 1.82) is 0 Å². The quantitative estimate of drug-likeness (QED) is 0.589. The van der Waals surface area contributed by atoms with Gasteiger partial charge in [0, 0.05) is 32.5 Å². The van der Waals surface area contributed by atoms with Crippen LogP contribution < -0.4 is 0 Å². The number of benzene rings is 1. The summed E-state index contributed by atoms with van der Waals surface area (Å²) in [6.45, 7) is 3.90. The highest BCUT2D eigenvalue weighted by Crippen LogP contribution is 2.46. The Labute approximate surface area is 162 Å². The first kappa shape index (κ1) is 18.7. The molecule has 27 heavy (non-hydrogen) atoms. The predicted molar refractivity (Wildman–Crippen MR) is 106 cm³/mol. The monoisotopic (exact) mass is 368 g/mol. The topological polar surface area (TPSA) is 40.6 Å². The van der Waals surface area contributed by atoms with Crippen molar-refractivity contribution in [3.63, 3.8) is 0 Å². The van der Waals surface area contributed by atoms with Crippen molar-refractivity contribution >= 4 is 11.8 Å². The highest BCUT2D eigenvalue weighted by Gasteiger charge is 2.44. The van der Waals surface area contributed by atoms with E-state index in [0.717, 1.165) is 58.2 Å². The summed E-state index contributed by atoms with van der Waals surface area (Å²) in [6, 6.07) is 8.78. The SMILES string of the molecule is O=C1CC2(CCCC2)CC(=O)N1CCCCN1CCc2ccccc2CC1. The first-order valence-electron chi connectivity index (χ1n) is 10.8. The molecule has 0 atom stereocenters. The van der Waals surface area contributed by atoms with Crippen molar-refractivity contribution in [1.82, 2.24) is 9.80 Å². The maximum Gasteiger partial charge on any atom is 0.229 e. The number of fused-ring (bicyclic) bond motifs is 1. The summed E-state index contributed by atoms with van der Waals surface area (Å²) in [7, 11) is 0. The Morgan fingerprint density at radius 2 is 1.37 bits per heavy atom. The van der Waals surface area contributed by atoms with Crippen LogP contribution in [-0.4, -0.2) is 47.8 Å². The van der Waals surface area contributed by atoms with E-state index in [4.69, 9.17) is 0 Å². The van der Waals surface area contributed by atoms with Crippen LogP contribution in [0.5, 0.6) is 0 Å². The van der Waals surface area contributed by atoms with Gasteiger partial charge in [0.15, 0.2) is 0 Å². The van der Waals surface area contributed by atoms with Crippen molar-refractivity contribution in [2.45, 2.75) is 64.2 Å². The predicted octanol–water partition coefficient (Wildman–Crippen LogP) is 3.58. The lowest BCUT2D eigenvalue weighted by atomic mass is 9.76. The Morgan fingerprint density at radius 3 is 1.96 bits per heavy atom. The summed E-state index contributed by atoms with van der Waals surface area (Å²) in [4.78, 5) is 29.1. The van der Waals surface area contributed by atoms with Gasteiger partial charge in [-0.25, -0.2) is 0 Å². The average Bonchev–Trinajstić information content (AvgIpc) is 2.99. The minimum absolute atomic E-state index is 0.0196. The molecule has 4 nitrogen and oxygen atoms in total. The number of hydrogen-bond acceptors (Lipinski definition) is 3. The van der Waals surface area contributed by atoms with Crippen molar-refractivity contribution in [3.8, 4) is 0 Å². The first-order chi connectivity index (χ1) is 13.2. The number of amides is 2. The molecule has 4 rings (SSSR count). The second-order valence-corrected chi connectivity index (χ2v) is 8.82. The lowest BCUT2D eigenvalue weighted by Gasteiger charge is -2.37. The fourth-order valence-corrected chi connectivity index (χ4v) is 5.31. The molecular formula is C23H32N2O2. The zero-order valence-corrected chi connectivity index (χ0v) is 16.4. The number of hydrogen-bond donors (Lipinski definition) is 0. The molecule has 3 aliphatic rings. The largest absolute Gasteiger partial charge is 0.303 e. The van der Waals surface area contributed by atoms with Gasteiger partial charge in [0.2, 0.25) is 11.8 Å². The van der Waals surface area contributed by atoms with Gasteiger partial charge in [0.1, 0.15) is 0 Å². The van der Waals surface area contributed by atoms with E-state index < -0.39 is 0 Å². The Balaban J connectivity index is 1.20. The molecule has 0 aromatic heterocycles. The number of imide groups is 1. The summed E-state index contributed by atoms with van der Waals surface area (Å²) in [6.07, 6.45) is 9.92. The maximum atomic E-state index is 12.5. The number of likely N-dealkylation sites (tertiary alicyclic amines) is 1. The van der Waals surface area contributed by atoms with Gasteiger partial charge in [0.25, 0.3) is 0 Å². The first-order valence-corrected chi connectivity index (χ1v) is 10.8. The molecule has 0 N–H and O–H groups in total. The standard InChI is InChI=1S/C23H32N2O2/c26-21-17-23(11-3-4-12-23)18-22(27)25(21)14-6-5-13-24-15-9-19-7-1-2-8-20(19)10-16-24/h1-2,7-8H,3-6,9-18H2. The van der Waals surface area contributed by atoms with Crippen LogP contribution >= 0.6 is 0 Å². The van der Waals surface area contributed by atoms with Gasteiger partial charge < -0.3 is 4.90 Å². The lowest BCUT2D eigenvalue weighted by Crippen LogP contribution is -2.47. The molecule has 1 aromatic rings. The van der Waals surface area contributed by atoms with Gasteiger partial charge in [-0.2, -0.15) is 0 Å². The highest BCUT2D eigenvalue weighted by molar-refractivity contribution is 5.98. The second-order valence-electron chi connectivity index (χ2n) is 8.82. The molecule has 1 aromatic carbocycles. The van der Waals surface area contributed by atoms with E-state index in [1.807, 2.05) is 0 Å². The van der Waals surface area contributed by atoms with Crippen molar-refractivity contribution in [3.05, 3.63) is 35.4 Å². The minimum atomic E-state index is 0.0196. The number of nitrogens with zero attached hydrogens (tertiary/aromatic N) is 2. The van der Waals surface area contributed by atoms with Gasteiger partial charge in [-0.3, -0.25) is 14.5 Å². The van der Waals surface area contributed by atoms with Gasteiger partial charge in [0.05, 0.1) is 0 Å². The molecule has 1 aliphatic carbocycles. The van der Waals surface area contributed by atoms with Gasteiger partial charge in [-0.1, -0.05) is 37.1 Å². The van der Waals surface area contributed by atoms with Crippen LogP contribution in [0.25, 0.3) is 0 Å². The molecule has 0 bridgehead atoms. The lowest BCUT2D eigenvalue weighted by molar-refractivity contribution is -0.153. The summed E-state index contributed by atoms with van der Waals surface area (Å²) in [5.74, 6) is 0.164. The zero-order valence-electron chi connectivity index (χ0n) is 16.4. The normalized spacial score (nSPS) is 22.9. The molecule has 2 amide bonds. The number of rotatable bonds is 5. The molecule has 0 radical (unpaired) electrons. The van der Waals surface area contributed by atoms with Crippen LogP contribution in [0.3, 0.4) is 0 Å². The van der Waals surface area contributed by atoms with E-state index in [9.17, 15) is 9.59 Å². The third-order valence-corrected chi connectivity index (χ3v) is 6.94. The molecular weight excluding hydrogens is 336 g/mol. The van der Waals surface area contributed by atoms with Crippen molar-refractivity contribution < 1.29 is 9.59 Å². The van der Waals surface area contributed by atoms with E-state index >= 15 is 0 Å². The van der Waals surface area contributed by atoms with Crippen molar-refractivity contribution in [2.75, 3.05) is 26.2 Å². The fourth-order valence-electron chi connectivity index (χ4n) is 5.31. The molecule has 146 valence electrons. The molecule has 1 saturated carbocycles. The number of unbranched alkanes of at least 4 members (excludes halogenated alkanes) is 1. The molecule has 0 unspecified atom stereocenters. The third kappa shape index (κ3) is 4.26. The molecule has 4 heteroatoms. The minimum Gasteiger partial charge on any atom is -0.303 e. The molecule has 2 fully saturated rings. The van der Waals surface area contributed by atoms with E-state index in [0.29, 0.717) is 19.4 Å². The van der Waals surface area contributed by atoms with Crippen LogP contribution in [0.15, 0.2) is 24.3 Å². The van der Waals surface area contributed by atoms with Crippen LogP contribution in [0.1, 0.15) is 62.5 Å². The fraction of sp³-hybridized carbons (Fsp3) is 0.652. The average molecular weight is 369 g/mol. The van der Waals surface area contributed by atoms with Crippen LogP contribution in [-0.2, 0) is 22.4 Å². The molecule has 2 heterocycles. The zero-order chi connectivity index (χ0) is 18.7. The van der Waals surface area contributed by atoms with Crippen LogP contribution in [0, 0.1) is 5.41 Å². The number of carbonyl (C=O) groups excluding carboxylic acids is 2. The van der Waals surface area contributed by atoms with E-state index in [1.165, 1.54) is 24.0 Å². The third-order valence-electron chi connectivity index (χ3n) is 6.94. The van der Waals surface area contributed by atoms with Gasteiger partial charge in [-0.15, -0.1) is 0 Å². The van der Waals surface area contributed by atoms with Gasteiger partial charge >= 0.3 is 0 Å². The number of carbonyl (C=O) groups is 2. The summed E-state index contributed by atoms with van der Waals surface area (Å²) in [5, 5.41) is 0. The second kappa shape index (κ2) is 8.14. The van der Waals surface area contributed by atoms with Crippen molar-refractivity contribution in [2.24, 2.45) is 5.41 Å². The smallest absolute Gasteiger partial charge is 0.229 e. The highest BCUT2D eigenvalue weighted by atomic mass is 16.2. The summed E-state index contributed by atoms with van der Waals surface area (Å²) < 4.78 is 0. The molecule has 1 saturated heterocycles. The van der Waals surface area contributed by atoms with Gasteiger partial charge in [-0.05, 0) is 61.6 Å². The van der Waals surface area contributed by atoms with E-state index in [2.05, 4.69) is 29.2 Å². The Kier molecular flexibility index (Phi) is 5.63. The Hall–Kier alpha value is -1.68. The Bertz CT molecular complexity index is 646. The maximum absolute atomic E-state index is 12.5. The van der Waals surface area contributed by atoms with E-state index in [-0.39, 0.29) is 17.2 Å². The number of piperidine rings is 1. The van der Waals surface area contributed by atoms with Crippen LogP contribution in [0.2, 0.25) is 0 Å². The molecule has 1 spiro atoms. The summed E-state index contributed by atoms with van der Waals surface area (Å²) in [5.41, 5.74) is 3.00. The Morgan fingerprint density at radius 1 is 0.815 bits per heavy atom.